The van der Waals surface area contributed by atoms with Crippen molar-refractivity contribution in [2.24, 2.45) is 17.3 Å². The van der Waals surface area contributed by atoms with Crippen LogP contribution >= 0.6 is 0 Å². The number of hydrogen-bond donors (Lipinski definition) is 0. The molecule has 0 spiro atoms. The molecule has 0 amide bonds. The van der Waals surface area contributed by atoms with Crippen LogP contribution in [0.25, 0.3) is 0 Å². The molecule has 0 nitrogen and oxygen atoms in total. The quantitative estimate of drug-likeness (QED) is 0.328. The monoisotopic (exact) mass is 1250 g/mol. The third-order valence-corrected chi connectivity index (χ3v) is 3.51. The zero-order valence-electron chi connectivity index (χ0n) is 9.82. The van der Waals surface area contributed by atoms with Crippen molar-refractivity contribution in [2.75, 3.05) is 0 Å². The van der Waals surface area contributed by atoms with Crippen LogP contribution in [0, 0.1) is 23.7 Å². The van der Waals surface area contributed by atoms with Crippen LogP contribution in [-0.4, -0.2) is 6.18 Å². The van der Waals surface area contributed by atoms with E-state index in [1.54, 1.807) is 0 Å². The van der Waals surface area contributed by atoms with E-state index >= 15 is 0 Å². The van der Waals surface area contributed by atoms with Gasteiger partial charge in [-0.15, -0.1) is 0 Å². The molecule has 2 rings (SSSR count). The number of fused-ring (bicyclic) bond motifs is 2. The van der Waals surface area contributed by atoms with E-state index < -0.39 is 11.6 Å². The first-order valence-corrected chi connectivity index (χ1v) is 4.35. The fourth-order valence-corrected chi connectivity index (χ4v) is 2.64. The molecule has 16 heavy (non-hydrogen) atoms. The van der Waals surface area contributed by atoms with Crippen molar-refractivity contribution in [3.8, 4) is 0 Å². The van der Waals surface area contributed by atoms with E-state index in [-0.39, 0.29) is 11.8 Å². The van der Waals surface area contributed by atoms with Crippen LogP contribution in [0.15, 0.2) is 0 Å². The summed E-state index contributed by atoms with van der Waals surface area (Å²) in [5, 5.41) is 0. The summed E-state index contributed by atoms with van der Waals surface area (Å²) in [6.45, 7) is 1.37. The van der Waals surface area contributed by atoms with Gasteiger partial charge in [0.25, 0.3) is 0 Å². The van der Waals surface area contributed by atoms with Crippen LogP contribution in [-0.2, 0) is 0 Å². The third-order valence-electron chi connectivity index (χ3n) is 3.51. The number of hydrogen-bond acceptors (Lipinski definition) is 0. The Balaban J connectivity index is -0.000000422. The van der Waals surface area contributed by atoms with Crippen molar-refractivity contribution < 1.29 is 13.2 Å². The van der Waals surface area contributed by atoms with Crippen LogP contribution in [0.1, 0.15) is 26.2 Å². The summed E-state index contributed by atoms with van der Waals surface area (Å²) < 4.78 is 37.7. The Hall–Kier alpha value is -4.21. The maximum Gasteiger partial charge on any atom is 0.391 e. The molecule has 2 fully saturated rings. The second kappa shape index (κ2) is 3.27. The van der Waals surface area contributed by atoms with Crippen LogP contribution in [0.5, 0.6) is 0 Å². The van der Waals surface area contributed by atoms with Crippen LogP contribution < -0.4 is 0 Å². The molecule has 0 aliphatic heterocycles. The molecule has 2 saturated carbocycles. The van der Waals surface area contributed by atoms with Gasteiger partial charge in [-0.3, -0.25) is 0 Å². The van der Waals surface area contributed by atoms with Crippen LogP contribution in [0.4, 0.5) is 13.2 Å². The van der Waals surface area contributed by atoms with Gasteiger partial charge in [-0.1, -0.05) is 26.2 Å². The standard InChI is InChI=1S/C9H12F3.4Rf/c1-8(9(10,11)12)5-6-2-3-7(8)4-6;;;;/h4,6-7H,2-3,5H2,1H3;;;;/q-1;;;;. The first-order valence-electron chi connectivity index (χ1n) is 4.35. The van der Waals surface area contributed by atoms with Gasteiger partial charge < -0.3 is 6.42 Å². The Kier molecular flexibility index (Phi) is 3.63. The van der Waals surface area contributed by atoms with Crippen molar-refractivity contribution in [1.29, 1.82) is 0 Å². The fourth-order valence-electron chi connectivity index (χ4n) is 2.64. The molecule has 0 aromatic carbocycles. The largest absolute Gasteiger partial charge is 0.391 e. The Bertz CT molecular complexity index is 209. The predicted octanol–water partition coefficient (Wildman–Crippen LogP) is 3.19. The van der Waals surface area contributed by atoms with Gasteiger partial charge in [0.2, 0.25) is 0 Å². The minimum atomic E-state index is -4.01. The molecule has 0 radical (unpaired) electrons. The minimum Gasteiger partial charge on any atom is -0.322 e. The second-order valence-electron chi connectivity index (χ2n) is 4.26. The zero-order chi connectivity index (χ0) is 8.98. The van der Waals surface area contributed by atoms with E-state index in [2.05, 4.69) is 0 Å². The summed E-state index contributed by atoms with van der Waals surface area (Å²) in [5.74, 6) is 0.0316. The van der Waals surface area contributed by atoms with Crippen LogP contribution in [0.3, 0.4) is 0 Å². The van der Waals surface area contributed by atoms with E-state index in [1.165, 1.54) is 6.92 Å². The molecule has 0 heterocycles. The van der Waals surface area contributed by atoms with Crippen molar-refractivity contribution in [3.05, 3.63) is 6.42 Å². The van der Waals surface area contributed by atoms with Crippen molar-refractivity contribution in [3.63, 3.8) is 0 Å². The van der Waals surface area contributed by atoms with Gasteiger partial charge in [-0.25, -0.2) is 0 Å². The van der Waals surface area contributed by atoms with Gasteiger partial charge in [0.05, 0.1) is 0 Å². The van der Waals surface area contributed by atoms with E-state index in [9.17, 15) is 13.2 Å². The molecule has 3 atom stereocenters. The average molecular weight is 1250 g/mol. The third kappa shape index (κ3) is 1.23. The Labute approximate surface area is 70.1 Å². The summed E-state index contributed by atoms with van der Waals surface area (Å²) >= 11 is 0. The van der Waals surface area contributed by atoms with Gasteiger partial charge in [0.15, 0.2) is 0 Å². The maximum atomic E-state index is 12.6. The Morgan fingerprint density at radius 2 is 1.56 bits per heavy atom. The first-order chi connectivity index (χ1) is 5.43. The molecule has 3 unspecified atom stereocenters. The summed E-state index contributed by atoms with van der Waals surface area (Å²) in [6.07, 6.45) is -0.0744. The molecule has 78 valence electrons. The van der Waals surface area contributed by atoms with E-state index in [1.807, 2.05) is 6.42 Å². The zero-order valence-corrected chi connectivity index (χ0v) is 35.4. The molecule has 7 heteroatoms. The van der Waals surface area contributed by atoms with Gasteiger partial charge in [-0.2, -0.15) is 25.0 Å². The molecule has 2 aliphatic rings. The predicted molar refractivity (Wildman–Crippen MR) is 39.3 cm³/mol. The second-order valence-corrected chi connectivity index (χ2v) is 4.26. The smallest absolute Gasteiger partial charge is 0.322 e. The topological polar surface area (TPSA) is 0 Å². The van der Waals surface area contributed by atoms with Gasteiger partial charge in [0, 0.05) is 5.41 Å². The Morgan fingerprint density at radius 3 is 1.75 bits per heavy atom. The minimum absolute atomic E-state index is 0. The number of halogens is 3. The first kappa shape index (κ1) is 17.8. The van der Waals surface area contributed by atoms with E-state index in [0.29, 0.717) is 6.42 Å². The van der Waals surface area contributed by atoms with Gasteiger partial charge >= 0.3 is 6.18 Å². The molecule has 0 saturated heterocycles. The van der Waals surface area contributed by atoms with Crippen molar-refractivity contribution in [1.82, 2.24) is 0 Å². The van der Waals surface area contributed by atoms with Gasteiger partial charge in [0.1, 0.15) is 0 Å². The van der Waals surface area contributed by atoms with Crippen LogP contribution in [0.2, 0.25) is 0 Å². The summed E-state index contributed by atoms with van der Waals surface area (Å²) in [7, 11) is 0. The van der Waals surface area contributed by atoms with Gasteiger partial charge in [-0.05, 0) is 0 Å². The molecule has 0 aromatic rings. The summed E-state index contributed by atoms with van der Waals surface area (Å²) in [5.41, 5.74) is -1.41. The van der Waals surface area contributed by atoms with E-state index in [4.69, 9.17) is 0 Å². The average Bonchev–Trinajstić information content (AvgIpc) is 2.43. The molecule has 0 N–H and O–H groups in total. The van der Waals surface area contributed by atoms with Crippen molar-refractivity contribution in [2.45, 2.75) is 32.4 Å². The molecule has 0 aromatic heterocycles. The fraction of sp³-hybridized carbons (Fsp3) is 0.889. The molecule has 2 aliphatic carbocycles. The normalized spacial score (nSPS) is 35.2. The number of alkyl halides is 3. The Morgan fingerprint density at radius 1 is 1.06 bits per heavy atom. The summed E-state index contributed by atoms with van der Waals surface area (Å²) in [4.78, 5) is 0. The maximum absolute atomic E-state index is 12.6. The molecule has 2 bridgehead atoms. The van der Waals surface area contributed by atoms with E-state index in [0.717, 1.165) is 12.8 Å². The SMILES string of the molecule is CC1(C(F)(F)F)CC2[CH-]C1CC2.[Rf].[Rf].[Rf].[Rf]. The molecular weight excluding hydrogens is 1230 g/mol. The number of rotatable bonds is 0. The van der Waals surface area contributed by atoms with Crippen molar-refractivity contribution >= 4 is 0 Å². The summed E-state index contributed by atoms with van der Waals surface area (Å²) in [6, 6.07) is 0. The molecular formula is C9H12F3Rf4-.